The van der Waals surface area contributed by atoms with Crippen LogP contribution in [0.1, 0.15) is 12.0 Å². The normalized spacial score (nSPS) is 11.8. The molecule has 1 rings (SSSR count). The molecule has 0 unspecified atom stereocenters. The van der Waals surface area contributed by atoms with E-state index >= 15 is 0 Å². The molecular formula is C11H14F3NS. The molecule has 0 aliphatic carbocycles. The van der Waals surface area contributed by atoms with Crippen molar-refractivity contribution < 1.29 is 13.2 Å². The van der Waals surface area contributed by atoms with Crippen LogP contribution in [0.4, 0.5) is 13.2 Å². The summed E-state index contributed by atoms with van der Waals surface area (Å²) in [5.41, 5.74) is 1.08. The Kier molecular flexibility index (Phi) is 5.15. The van der Waals surface area contributed by atoms with Gasteiger partial charge in [0.25, 0.3) is 0 Å². The second-order valence-electron chi connectivity index (χ2n) is 3.39. The maximum absolute atomic E-state index is 11.9. The summed E-state index contributed by atoms with van der Waals surface area (Å²) in [4.78, 5) is 0.886. The maximum atomic E-state index is 11.9. The van der Waals surface area contributed by atoms with Crippen LogP contribution >= 0.6 is 11.8 Å². The zero-order valence-electron chi connectivity index (χ0n) is 8.97. The second kappa shape index (κ2) is 6.15. The molecule has 0 saturated carbocycles. The minimum atomic E-state index is -4.06. The Morgan fingerprint density at radius 2 is 2.06 bits per heavy atom. The highest BCUT2D eigenvalue weighted by molar-refractivity contribution is 7.99. The van der Waals surface area contributed by atoms with E-state index in [1.165, 1.54) is 11.8 Å². The van der Waals surface area contributed by atoms with Crippen molar-refractivity contribution in [3.63, 3.8) is 0 Å². The van der Waals surface area contributed by atoms with E-state index in [2.05, 4.69) is 5.32 Å². The van der Waals surface area contributed by atoms with Gasteiger partial charge in [-0.1, -0.05) is 12.1 Å². The van der Waals surface area contributed by atoms with Gasteiger partial charge in [-0.3, -0.25) is 0 Å². The first-order valence-corrected chi connectivity index (χ1v) is 5.93. The fraction of sp³-hybridized carbons (Fsp3) is 0.455. The summed E-state index contributed by atoms with van der Waals surface area (Å²) >= 11 is 1.24. The summed E-state index contributed by atoms with van der Waals surface area (Å²) < 4.78 is 35.8. The lowest BCUT2D eigenvalue weighted by molar-refractivity contribution is -0.129. The molecule has 0 aliphatic rings. The number of alkyl halides is 3. The number of rotatable bonds is 5. The average Bonchev–Trinajstić information content (AvgIpc) is 2.17. The number of hydrogen-bond acceptors (Lipinski definition) is 2. The van der Waals surface area contributed by atoms with Gasteiger partial charge in [0.15, 0.2) is 0 Å². The molecule has 0 spiro atoms. The van der Waals surface area contributed by atoms with Crippen molar-refractivity contribution in [2.75, 3.05) is 12.8 Å². The molecule has 16 heavy (non-hydrogen) atoms. The van der Waals surface area contributed by atoms with E-state index in [0.717, 1.165) is 17.0 Å². The summed E-state index contributed by atoms with van der Waals surface area (Å²) in [5, 5.41) is 3.00. The number of thioether (sulfide) groups is 1. The molecule has 5 heteroatoms. The van der Waals surface area contributed by atoms with Crippen LogP contribution in [-0.4, -0.2) is 19.0 Å². The Hall–Kier alpha value is -0.680. The van der Waals surface area contributed by atoms with E-state index in [1.807, 2.05) is 31.3 Å². The second-order valence-corrected chi connectivity index (χ2v) is 4.56. The van der Waals surface area contributed by atoms with E-state index < -0.39 is 12.6 Å². The molecule has 0 radical (unpaired) electrons. The van der Waals surface area contributed by atoms with Crippen LogP contribution in [0.2, 0.25) is 0 Å². The van der Waals surface area contributed by atoms with E-state index in [1.54, 1.807) is 0 Å². The number of benzene rings is 1. The summed E-state index contributed by atoms with van der Waals surface area (Å²) in [6.07, 6.45) is -4.80. The van der Waals surface area contributed by atoms with Crippen molar-refractivity contribution >= 4 is 11.8 Å². The molecule has 0 aliphatic heterocycles. The van der Waals surface area contributed by atoms with Gasteiger partial charge in [-0.2, -0.15) is 13.2 Å². The Labute approximate surface area is 97.4 Å². The van der Waals surface area contributed by atoms with Crippen LogP contribution in [0.15, 0.2) is 29.2 Å². The molecule has 0 saturated heterocycles. The highest BCUT2D eigenvalue weighted by atomic mass is 32.2. The lowest BCUT2D eigenvalue weighted by Crippen LogP contribution is -2.08. The van der Waals surface area contributed by atoms with E-state index in [4.69, 9.17) is 0 Å². The van der Waals surface area contributed by atoms with Gasteiger partial charge in [0.2, 0.25) is 0 Å². The first-order valence-electron chi connectivity index (χ1n) is 4.94. The Bertz CT molecular complexity index is 325. The molecule has 1 N–H and O–H groups in total. The number of halogens is 3. The van der Waals surface area contributed by atoms with Crippen molar-refractivity contribution in [1.82, 2.24) is 5.32 Å². The van der Waals surface area contributed by atoms with Gasteiger partial charge < -0.3 is 5.32 Å². The van der Waals surface area contributed by atoms with Crippen molar-refractivity contribution in [1.29, 1.82) is 0 Å². The molecule has 0 aromatic heterocycles. The van der Waals surface area contributed by atoms with Crippen LogP contribution in [0.3, 0.4) is 0 Å². The molecule has 1 aromatic carbocycles. The quantitative estimate of drug-likeness (QED) is 0.802. The molecule has 0 fully saturated rings. The van der Waals surface area contributed by atoms with Gasteiger partial charge in [-0.15, -0.1) is 11.8 Å². The molecule has 1 nitrogen and oxygen atoms in total. The zero-order valence-corrected chi connectivity index (χ0v) is 9.79. The van der Waals surface area contributed by atoms with Gasteiger partial charge in [-0.05, 0) is 24.7 Å². The van der Waals surface area contributed by atoms with Gasteiger partial charge in [0, 0.05) is 17.2 Å². The topological polar surface area (TPSA) is 12.0 Å². The minimum Gasteiger partial charge on any atom is -0.316 e. The van der Waals surface area contributed by atoms with Crippen molar-refractivity contribution in [3.8, 4) is 0 Å². The number of nitrogens with one attached hydrogen (secondary N) is 1. The van der Waals surface area contributed by atoms with Crippen LogP contribution in [0.5, 0.6) is 0 Å². The predicted octanol–water partition coefficient (Wildman–Crippen LogP) is 3.45. The van der Waals surface area contributed by atoms with Crippen LogP contribution in [0.25, 0.3) is 0 Å². The molecule has 0 bridgehead atoms. The standard InChI is InChI=1S/C11H14F3NS/c1-15-8-9-3-2-4-10(7-9)16-6-5-11(12,13)14/h2-4,7,15H,5-6,8H2,1H3. The first-order chi connectivity index (χ1) is 7.51. The molecule has 0 atom stereocenters. The summed E-state index contributed by atoms with van der Waals surface area (Å²) in [6.45, 7) is 0.730. The van der Waals surface area contributed by atoms with Gasteiger partial charge in [-0.25, -0.2) is 0 Å². The molecular weight excluding hydrogens is 235 g/mol. The van der Waals surface area contributed by atoms with E-state index in [9.17, 15) is 13.2 Å². The van der Waals surface area contributed by atoms with Crippen LogP contribution in [0, 0.1) is 0 Å². The smallest absolute Gasteiger partial charge is 0.316 e. The fourth-order valence-corrected chi connectivity index (χ4v) is 2.21. The maximum Gasteiger partial charge on any atom is 0.389 e. The Morgan fingerprint density at radius 3 is 2.69 bits per heavy atom. The summed E-state index contributed by atoms with van der Waals surface area (Å²) in [6, 6.07) is 7.56. The average molecular weight is 249 g/mol. The van der Waals surface area contributed by atoms with Crippen molar-refractivity contribution in [2.45, 2.75) is 24.0 Å². The number of hydrogen-bond donors (Lipinski definition) is 1. The highest BCUT2D eigenvalue weighted by Gasteiger charge is 2.26. The lowest BCUT2D eigenvalue weighted by Gasteiger charge is -2.07. The predicted molar refractivity (Wildman–Crippen MR) is 60.6 cm³/mol. The summed E-state index contributed by atoms with van der Waals surface area (Å²) in [5.74, 6) is 0.0759. The van der Waals surface area contributed by atoms with Gasteiger partial charge in [0.05, 0.1) is 6.42 Å². The Morgan fingerprint density at radius 1 is 1.31 bits per heavy atom. The van der Waals surface area contributed by atoms with Crippen molar-refractivity contribution in [2.24, 2.45) is 0 Å². The van der Waals surface area contributed by atoms with E-state index in [-0.39, 0.29) is 5.75 Å². The molecule has 0 heterocycles. The van der Waals surface area contributed by atoms with Gasteiger partial charge in [0.1, 0.15) is 0 Å². The lowest BCUT2D eigenvalue weighted by atomic mass is 10.2. The first kappa shape index (κ1) is 13.4. The molecule has 90 valence electrons. The molecule has 0 amide bonds. The third-order valence-electron chi connectivity index (χ3n) is 1.93. The SMILES string of the molecule is CNCc1cccc(SCCC(F)(F)F)c1. The van der Waals surface area contributed by atoms with Crippen LogP contribution in [-0.2, 0) is 6.54 Å². The third kappa shape index (κ3) is 5.42. The van der Waals surface area contributed by atoms with Crippen LogP contribution < -0.4 is 5.32 Å². The van der Waals surface area contributed by atoms with E-state index in [0.29, 0.717) is 0 Å². The fourth-order valence-electron chi connectivity index (χ4n) is 1.23. The minimum absolute atomic E-state index is 0.0759. The molecule has 1 aromatic rings. The highest BCUT2D eigenvalue weighted by Crippen LogP contribution is 2.26. The van der Waals surface area contributed by atoms with Gasteiger partial charge >= 0.3 is 6.18 Å². The Balaban J connectivity index is 2.44. The largest absolute Gasteiger partial charge is 0.389 e. The zero-order chi connectivity index (χ0) is 12.0. The summed E-state index contributed by atoms with van der Waals surface area (Å²) in [7, 11) is 1.84. The third-order valence-corrected chi connectivity index (χ3v) is 2.93. The monoisotopic (exact) mass is 249 g/mol. The van der Waals surface area contributed by atoms with Crippen molar-refractivity contribution in [3.05, 3.63) is 29.8 Å².